The smallest absolute Gasteiger partial charge is 0.311 e. The molecule has 4 nitrogen and oxygen atoms in total. The number of benzene rings is 1. The fourth-order valence-electron chi connectivity index (χ4n) is 0.772. The highest BCUT2D eigenvalue weighted by molar-refractivity contribution is 7.64. The number of nitrogens with zero attached hydrogens (tertiary/aromatic N) is 2. The summed E-state index contributed by atoms with van der Waals surface area (Å²) >= 11 is 0. The monoisotopic (exact) mass is 229 g/mol. The Hall–Kier alpha value is -0.390. The Kier molecular flexibility index (Phi) is 3.34. The molecule has 1 aliphatic heterocycles. The molecule has 1 heterocycles. The van der Waals surface area contributed by atoms with E-state index in [1.165, 1.54) is 0 Å². The first-order valence-corrected chi connectivity index (χ1v) is 6.40. The molecule has 13 heavy (non-hydrogen) atoms. The first-order valence-electron chi connectivity index (χ1n) is 3.54. The third kappa shape index (κ3) is 2.79. The number of hydrogen-bond donors (Lipinski definition) is 1. The van der Waals surface area contributed by atoms with E-state index in [0.717, 1.165) is 22.8 Å². The van der Waals surface area contributed by atoms with E-state index < -0.39 is 8.45 Å². The summed E-state index contributed by atoms with van der Waals surface area (Å²) in [6, 6.07) is 9.67. The van der Waals surface area contributed by atoms with Gasteiger partial charge in [-0.15, -0.1) is 0 Å². The second-order valence-corrected chi connectivity index (χ2v) is 5.48. The minimum absolute atomic E-state index is 0.757. The lowest BCUT2D eigenvalue weighted by molar-refractivity contribution is 0.612. The highest BCUT2D eigenvalue weighted by atomic mass is 31.2. The normalized spacial score (nSPS) is 22.6. The molecule has 0 amide bonds. The third-order valence-corrected chi connectivity index (χ3v) is 4.34. The minimum Gasteiger partial charge on any atom is -0.439 e. The molecule has 1 aromatic carbocycles. The summed E-state index contributed by atoms with van der Waals surface area (Å²) in [5.74, 6) is 0.845. The average Bonchev–Trinajstić information content (AvgIpc) is 2.21. The number of hydrogen-bond acceptors (Lipinski definition) is 4. The van der Waals surface area contributed by atoms with Crippen molar-refractivity contribution in [1.29, 1.82) is 0 Å². The van der Waals surface area contributed by atoms with Crippen molar-refractivity contribution in [2.24, 2.45) is 9.03 Å². The largest absolute Gasteiger partial charge is 0.439 e. The SMILES string of the molecule is c1ccc(OP2N=PN=PN2)cc1. The van der Waals surface area contributed by atoms with E-state index in [0.29, 0.717) is 0 Å². The van der Waals surface area contributed by atoms with Gasteiger partial charge >= 0.3 is 8.45 Å². The molecule has 1 unspecified atom stereocenters. The summed E-state index contributed by atoms with van der Waals surface area (Å²) < 4.78 is 13.7. The van der Waals surface area contributed by atoms with E-state index in [2.05, 4.69) is 13.9 Å². The van der Waals surface area contributed by atoms with Gasteiger partial charge in [-0.2, -0.15) is 13.9 Å². The maximum Gasteiger partial charge on any atom is 0.311 e. The van der Waals surface area contributed by atoms with Gasteiger partial charge in [0.25, 0.3) is 0 Å². The molecule has 0 fully saturated rings. The summed E-state index contributed by atoms with van der Waals surface area (Å²) in [5, 5.41) is 0. The lowest BCUT2D eigenvalue weighted by atomic mass is 10.3. The Morgan fingerprint density at radius 3 is 2.85 bits per heavy atom. The molecule has 0 aliphatic carbocycles. The molecule has 0 radical (unpaired) electrons. The lowest BCUT2D eigenvalue weighted by Gasteiger charge is -2.11. The molecule has 66 valence electrons. The van der Waals surface area contributed by atoms with Crippen LogP contribution in [0.2, 0.25) is 0 Å². The van der Waals surface area contributed by atoms with Gasteiger partial charge in [0, 0.05) is 0 Å². The number of nitrogens with one attached hydrogen (secondary N) is 1. The fourth-order valence-corrected chi connectivity index (χ4v) is 3.66. The average molecular weight is 229 g/mol. The molecule has 0 spiro atoms. The van der Waals surface area contributed by atoms with Gasteiger partial charge < -0.3 is 4.52 Å². The Balaban J connectivity index is 1.99. The van der Waals surface area contributed by atoms with Crippen LogP contribution in [-0.2, 0) is 0 Å². The molecule has 1 aliphatic rings. The zero-order chi connectivity index (χ0) is 8.93. The van der Waals surface area contributed by atoms with E-state index >= 15 is 0 Å². The van der Waals surface area contributed by atoms with Crippen LogP contribution in [-0.4, -0.2) is 0 Å². The molecule has 1 atom stereocenters. The summed E-state index contributed by atoms with van der Waals surface area (Å²) in [6.07, 6.45) is 0. The molecule has 1 N–H and O–H groups in total. The molecule has 2 rings (SSSR count). The van der Waals surface area contributed by atoms with Crippen LogP contribution >= 0.6 is 25.5 Å². The highest BCUT2D eigenvalue weighted by Crippen LogP contribution is 2.44. The van der Waals surface area contributed by atoms with Crippen LogP contribution in [0.15, 0.2) is 39.4 Å². The van der Waals surface area contributed by atoms with Gasteiger partial charge in [-0.3, -0.25) is 0 Å². The van der Waals surface area contributed by atoms with Crippen LogP contribution in [0.3, 0.4) is 0 Å². The Bertz CT molecular complexity index is 329. The number of para-hydroxylation sites is 1. The minimum atomic E-state index is -0.891. The molecule has 0 saturated carbocycles. The van der Waals surface area contributed by atoms with Crippen molar-refractivity contribution >= 4 is 25.5 Å². The first-order chi connectivity index (χ1) is 6.45. The van der Waals surface area contributed by atoms with Gasteiger partial charge in [0.1, 0.15) is 14.3 Å². The van der Waals surface area contributed by atoms with Gasteiger partial charge in [-0.1, -0.05) is 18.2 Å². The molecule has 0 bridgehead atoms. The van der Waals surface area contributed by atoms with Gasteiger partial charge in [-0.05, 0) is 12.1 Å². The van der Waals surface area contributed by atoms with Crippen molar-refractivity contribution in [3.8, 4) is 5.75 Å². The Morgan fingerprint density at radius 2 is 2.15 bits per heavy atom. The molecule has 1 aromatic rings. The van der Waals surface area contributed by atoms with Crippen molar-refractivity contribution in [3.63, 3.8) is 0 Å². The van der Waals surface area contributed by atoms with E-state index in [9.17, 15) is 0 Å². The predicted octanol–water partition coefficient (Wildman–Crippen LogP) is 3.99. The molecular weight excluding hydrogens is 223 g/mol. The highest BCUT2D eigenvalue weighted by Gasteiger charge is 2.10. The van der Waals surface area contributed by atoms with Crippen LogP contribution in [0.4, 0.5) is 0 Å². The van der Waals surface area contributed by atoms with Crippen molar-refractivity contribution in [1.82, 2.24) is 4.86 Å². The van der Waals surface area contributed by atoms with Gasteiger partial charge in [-0.25, -0.2) is 0 Å². The maximum atomic E-state index is 5.57. The third-order valence-electron chi connectivity index (χ3n) is 1.27. The van der Waals surface area contributed by atoms with E-state index in [1.54, 1.807) is 0 Å². The second-order valence-electron chi connectivity index (χ2n) is 2.15. The molecule has 0 saturated heterocycles. The predicted molar refractivity (Wildman–Crippen MR) is 55.8 cm³/mol. The molecule has 7 heteroatoms. The first kappa shape index (κ1) is 9.18. The van der Waals surface area contributed by atoms with Gasteiger partial charge in [0.05, 0.1) is 0 Å². The summed E-state index contributed by atoms with van der Waals surface area (Å²) in [6.45, 7) is 0. The molecular formula is C6H6N3OP3. The van der Waals surface area contributed by atoms with Crippen molar-refractivity contribution in [3.05, 3.63) is 30.3 Å². The van der Waals surface area contributed by atoms with E-state index in [-0.39, 0.29) is 0 Å². The zero-order valence-electron chi connectivity index (χ0n) is 6.53. The van der Waals surface area contributed by atoms with E-state index in [4.69, 9.17) is 4.52 Å². The number of rotatable bonds is 2. The molecule has 0 aromatic heterocycles. The van der Waals surface area contributed by atoms with Crippen LogP contribution in [0, 0.1) is 0 Å². The van der Waals surface area contributed by atoms with Crippen molar-refractivity contribution < 1.29 is 4.52 Å². The van der Waals surface area contributed by atoms with Gasteiger partial charge in [0.15, 0.2) is 8.52 Å². The van der Waals surface area contributed by atoms with Crippen molar-refractivity contribution in [2.45, 2.75) is 0 Å². The zero-order valence-corrected chi connectivity index (χ0v) is 9.21. The quantitative estimate of drug-likeness (QED) is 0.779. The Morgan fingerprint density at radius 1 is 1.31 bits per heavy atom. The van der Waals surface area contributed by atoms with Crippen LogP contribution in [0.5, 0.6) is 5.75 Å². The summed E-state index contributed by atoms with van der Waals surface area (Å²) in [5.41, 5.74) is 0. The van der Waals surface area contributed by atoms with Gasteiger partial charge in [0.2, 0.25) is 0 Å². The van der Waals surface area contributed by atoms with Crippen LogP contribution in [0.1, 0.15) is 0 Å². The topological polar surface area (TPSA) is 46.0 Å². The van der Waals surface area contributed by atoms with Crippen LogP contribution in [0.25, 0.3) is 0 Å². The fraction of sp³-hybridized carbons (Fsp3) is 0. The van der Waals surface area contributed by atoms with Crippen LogP contribution < -0.4 is 9.38 Å². The van der Waals surface area contributed by atoms with E-state index in [1.807, 2.05) is 30.3 Å². The lowest BCUT2D eigenvalue weighted by Crippen LogP contribution is -1.95. The Labute approximate surface area is 80.5 Å². The summed E-state index contributed by atoms with van der Waals surface area (Å²) in [7, 11) is 0.716. The maximum absolute atomic E-state index is 5.57. The summed E-state index contributed by atoms with van der Waals surface area (Å²) in [4.78, 5) is 3.04. The second kappa shape index (κ2) is 4.74. The standard InChI is InChI=1S/C6H6N3OP3/c1-2-4-6(5-3-1)10-13-8-11-7-12-9-13/h1-5H,(H,7,8,9). The van der Waals surface area contributed by atoms with Crippen molar-refractivity contribution in [2.75, 3.05) is 0 Å².